The van der Waals surface area contributed by atoms with Crippen molar-refractivity contribution in [2.75, 3.05) is 0 Å². The van der Waals surface area contributed by atoms with Crippen LogP contribution in [0.2, 0.25) is 0 Å². The molecular weight excluding hydrogens is 508 g/mol. The fourth-order valence-corrected chi connectivity index (χ4v) is 6.22. The van der Waals surface area contributed by atoms with Gasteiger partial charge in [-0.05, 0) is 82.7 Å². The molecule has 0 aliphatic heterocycles. The van der Waals surface area contributed by atoms with E-state index in [0.717, 1.165) is 25.0 Å². The lowest BCUT2D eigenvalue weighted by Gasteiger charge is -2.34. The Balaban J connectivity index is 1.87. The Morgan fingerprint density at radius 3 is 1.86 bits per heavy atom. The number of benzene rings is 2. The monoisotopic (exact) mass is 562 g/mol. The summed E-state index contributed by atoms with van der Waals surface area (Å²) in [5, 5.41) is 11.1. The molecule has 0 radical (unpaired) electrons. The van der Waals surface area contributed by atoms with Crippen molar-refractivity contribution < 1.29 is 0 Å². The van der Waals surface area contributed by atoms with Gasteiger partial charge in [-0.2, -0.15) is 0 Å². The van der Waals surface area contributed by atoms with E-state index in [1.807, 2.05) is 0 Å². The molecule has 0 saturated carbocycles. The summed E-state index contributed by atoms with van der Waals surface area (Å²) in [6.45, 7) is 25.2. The number of hydrogen-bond donors (Lipinski definition) is 1. The van der Waals surface area contributed by atoms with Crippen LogP contribution in [0.4, 0.5) is 0 Å². The van der Waals surface area contributed by atoms with Crippen molar-refractivity contribution in [2.24, 2.45) is 17.3 Å². The van der Waals surface area contributed by atoms with Crippen molar-refractivity contribution in [1.82, 2.24) is 4.57 Å². The second-order valence-corrected chi connectivity index (χ2v) is 15.5. The van der Waals surface area contributed by atoms with E-state index in [-0.39, 0.29) is 16.2 Å². The number of hydrogen-bond acceptors (Lipinski definition) is 1. The van der Waals surface area contributed by atoms with Crippen LogP contribution in [-0.2, 0) is 10.8 Å². The van der Waals surface area contributed by atoms with E-state index in [1.54, 1.807) is 6.21 Å². The van der Waals surface area contributed by atoms with Crippen LogP contribution in [0.15, 0.2) is 77.9 Å². The molecular formula is C40H54N2. The molecule has 0 saturated heterocycles. The molecule has 0 fully saturated rings. The predicted octanol–water partition coefficient (Wildman–Crippen LogP) is 11.8. The highest BCUT2D eigenvalue weighted by atomic mass is 15.0. The summed E-state index contributed by atoms with van der Waals surface area (Å²) in [6.07, 6.45) is 16.3. The number of rotatable bonds is 7. The minimum absolute atomic E-state index is 0.0648. The quantitative estimate of drug-likeness (QED) is 0.219. The van der Waals surface area contributed by atoms with Crippen molar-refractivity contribution in [1.29, 1.82) is 5.41 Å². The Morgan fingerprint density at radius 1 is 0.857 bits per heavy atom. The summed E-state index contributed by atoms with van der Waals surface area (Å²) < 4.78 is 2.31. The third kappa shape index (κ3) is 6.59. The van der Waals surface area contributed by atoms with Crippen molar-refractivity contribution in [3.8, 4) is 0 Å². The lowest BCUT2D eigenvalue weighted by atomic mass is 9.71. The van der Waals surface area contributed by atoms with E-state index in [2.05, 4.69) is 148 Å². The SMILES string of the molecule is CCC=CC(C)C1CC(C(C)(C)C)=CC=C1C/C=C(\C=N)n1c2ccc(C(C)(C)C)cc2c2cc(C(C)(C)C)ccc21. The minimum atomic E-state index is 0.0648. The van der Waals surface area contributed by atoms with Gasteiger partial charge in [0.25, 0.3) is 0 Å². The first-order chi connectivity index (χ1) is 19.6. The van der Waals surface area contributed by atoms with Gasteiger partial charge in [-0.3, -0.25) is 0 Å². The Morgan fingerprint density at radius 2 is 1.40 bits per heavy atom. The van der Waals surface area contributed by atoms with Crippen LogP contribution < -0.4 is 0 Å². The van der Waals surface area contributed by atoms with Crippen LogP contribution in [0.25, 0.3) is 27.5 Å². The van der Waals surface area contributed by atoms with Gasteiger partial charge in [0.15, 0.2) is 0 Å². The van der Waals surface area contributed by atoms with E-state index >= 15 is 0 Å². The second-order valence-electron chi connectivity index (χ2n) is 15.5. The molecule has 224 valence electrons. The van der Waals surface area contributed by atoms with E-state index < -0.39 is 0 Å². The van der Waals surface area contributed by atoms with Gasteiger partial charge in [0.05, 0.1) is 16.7 Å². The topological polar surface area (TPSA) is 28.8 Å². The molecule has 1 N–H and O–H groups in total. The smallest absolute Gasteiger partial charge is 0.0601 e. The molecule has 1 heterocycles. The van der Waals surface area contributed by atoms with Gasteiger partial charge in [-0.25, -0.2) is 0 Å². The van der Waals surface area contributed by atoms with Gasteiger partial charge in [-0.15, -0.1) is 0 Å². The maximum absolute atomic E-state index is 8.57. The maximum Gasteiger partial charge on any atom is 0.0601 e. The van der Waals surface area contributed by atoms with Gasteiger partial charge in [-0.1, -0.05) is 130 Å². The van der Waals surface area contributed by atoms with Crippen LogP contribution in [-0.4, -0.2) is 10.8 Å². The van der Waals surface area contributed by atoms with Gasteiger partial charge in [0.1, 0.15) is 0 Å². The summed E-state index contributed by atoms with van der Waals surface area (Å²) in [6, 6.07) is 13.8. The van der Waals surface area contributed by atoms with Crippen LogP contribution in [0, 0.1) is 22.7 Å². The third-order valence-electron chi connectivity index (χ3n) is 9.14. The Labute approximate surface area is 255 Å². The first-order valence-electron chi connectivity index (χ1n) is 15.9. The predicted molar refractivity (Wildman–Crippen MR) is 187 cm³/mol. The minimum Gasteiger partial charge on any atom is -0.308 e. The van der Waals surface area contributed by atoms with E-state index in [9.17, 15) is 0 Å². The fraction of sp³-hybridized carbons (Fsp3) is 0.475. The number of fused-ring (bicyclic) bond motifs is 3. The molecule has 1 aromatic heterocycles. The van der Waals surface area contributed by atoms with Gasteiger partial charge in [0, 0.05) is 17.0 Å². The normalized spacial score (nSPS) is 18.1. The highest BCUT2D eigenvalue weighted by molar-refractivity contribution is 6.15. The van der Waals surface area contributed by atoms with Crippen LogP contribution in [0.5, 0.6) is 0 Å². The van der Waals surface area contributed by atoms with E-state index in [1.165, 1.54) is 44.1 Å². The van der Waals surface area contributed by atoms with Gasteiger partial charge < -0.3 is 9.98 Å². The van der Waals surface area contributed by atoms with E-state index in [4.69, 9.17) is 5.41 Å². The number of allylic oxidation sites excluding steroid dienone is 8. The van der Waals surface area contributed by atoms with Crippen molar-refractivity contribution in [3.63, 3.8) is 0 Å². The molecule has 3 aromatic rings. The average Bonchev–Trinajstić information content (AvgIpc) is 3.24. The zero-order valence-corrected chi connectivity index (χ0v) is 28.2. The number of nitrogens with one attached hydrogen (secondary N) is 1. The largest absolute Gasteiger partial charge is 0.308 e. The highest BCUT2D eigenvalue weighted by Gasteiger charge is 2.28. The first-order valence-corrected chi connectivity index (χ1v) is 15.9. The molecule has 0 amide bonds. The molecule has 2 nitrogen and oxygen atoms in total. The summed E-state index contributed by atoms with van der Waals surface area (Å²) in [4.78, 5) is 0. The molecule has 2 aromatic carbocycles. The van der Waals surface area contributed by atoms with Crippen LogP contribution in [0.3, 0.4) is 0 Å². The summed E-state index contributed by atoms with van der Waals surface area (Å²) >= 11 is 0. The highest BCUT2D eigenvalue weighted by Crippen LogP contribution is 2.42. The average molecular weight is 563 g/mol. The Kier molecular flexibility index (Phi) is 8.98. The number of aromatic nitrogens is 1. The zero-order chi connectivity index (χ0) is 31.0. The standard InChI is InChI=1S/C40H54N2/c1-12-13-14-27(2)33-23-29(38(3,4)5)17-15-28(33)16-20-32(26-41)42-36-21-18-30(39(6,7)8)24-34(36)35-25-31(40(9,10)11)19-22-37(35)42/h13-15,17-22,24-27,33,41H,12,16,23H2,1-11H3/b14-13?,32-20+,41-26?. The second kappa shape index (κ2) is 11.9. The fourth-order valence-electron chi connectivity index (χ4n) is 6.22. The van der Waals surface area contributed by atoms with Gasteiger partial charge in [0.2, 0.25) is 0 Å². The molecule has 2 atom stereocenters. The molecule has 4 rings (SSSR count). The molecule has 2 heteroatoms. The Hall–Kier alpha value is -3.13. The molecule has 2 unspecified atom stereocenters. The Bertz CT molecular complexity index is 1510. The summed E-state index contributed by atoms with van der Waals surface area (Å²) in [7, 11) is 0. The van der Waals surface area contributed by atoms with Crippen molar-refractivity contribution in [2.45, 2.75) is 106 Å². The molecule has 0 spiro atoms. The molecule has 1 aliphatic carbocycles. The zero-order valence-electron chi connectivity index (χ0n) is 28.2. The van der Waals surface area contributed by atoms with Crippen LogP contribution >= 0.6 is 0 Å². The molecule has 42 heavy (non-hydrogen) atoms. The molecule has 1 aliphatic rings. The lowest BCUT2D eigenvalue weighted by Crippen LogP contribution is -2.21. The van der Waals surface area contributed by atoms with E-state index in [0.29, 0.717) is 11.8 Å². The first kappa shape index (κ1) is 31.8. The lowest BCUT2D eigenvalue weighted by molar-refractivity contribution is 0.402. The van der Waals surface area contributed by atoms with Crippen LogP contribution in [0.1, 0.15) is 107 Å². The molecule has 0 bridgehead atoms. The summed E-state index contributed by atoms with van der Waals surface area (Å²) in [5.41, 5.74) is 9.23. The maximum atomic E-state index is 8.57. The van der Waals surface area contributed by atoms with Crippen molar-refractivity contribution >= 4 is 33.7 Å². The summed E-state index contributed by atoms with van der Waals surface area (Å²) in [5.74, 6) is 0.941. The van der Waals surface area contributed by atoms with Crippen molar-refractivity contribution in [3.05, 3.63) is 89.1 Å². The van der Waals surface area contributed by atoms with Gasteiger partial charge >= 0.3 is 0 Å². The third-order valence-corrected chi connectivity index (χ3v) is 9.14. The number of nitrogens with zero attached hydrogens (tertiary/aromatic N) is 1.